The molecule has 1 rings (SSSR count). The Labute approximate surface area is 134 Å². The van der Waals surface area contributed by atoms with Gasteiger partial charge in [-0.3, -0.25) is 0 Å². The van der Waals surface area contributed by atoms with E-state index in [1.165, 1.54) is 64.2 Å². The summed E-state index contributed by atoms with van der Waals surface area (Å²) >= 11 is 0. The molecule has 1 N–H and O–H groups in total. The van der Waals surface area contributed by atoms with Gasteiger partial charge in [-0.1, -0.05) is 73.1 Å². The van der Waals surface area contributed by atoms with Gasteiger partial charge >= 0.3 is 0 Å². The summed E-state index contributed by atoms with van der Waals surface area (Å²) in [4.78, 5) is 0. The van der Waals surface area contributed by atoms with Crippen LogP contribution in [-0.4, -0.2) is 12.6 Å². The van der Waals surface area contributed by atoms with E-state index in [0.29, 0.717) is 5.41 Å². The molecule has 2 unspecified atom stereocenters. The fourth-order valence-corrected chi connectivity index (χ4v) is 4.70. The number of rotatable bonds is 11. The Morgan fingerprint density at radius 2 is 1.71 bits per heavy atom. The lowest BCUT2D eigenvalue weighted by Gasteiger charge is -2.41. The lowest BCUT2D eigenvalue weighted by atomic mass is 9.69. The zero-order chi connectivity index (χ0) is 15.7. The standard InChI is InChI=1S/C20H41N/c1-6-9-12-18(7-2)15-19(21-8-3)20(16-17(4)5)13-10-11-14-20/h17-19,21H,6-16H2,1-5H3. The van der Waals surface area contributed by atoms with Crippen molar-refractivity contribution >= 4 is 0 Å². The molecule has 1 nitrogen and oxygen atoms in total. The fourth-order valence-electron chi connectivity index (χ4n) is 4.70. The van der Waals surface area contributed by atoms with Gasteiger partial charge in [-0.15, -0.1) is 0 Å². The first kappa shape index (κ1) is 19.0. The minimum atomic E-state index is 0.601. The van der Waals surface area contributed by atoms with Gasteiger partial charge in [0.05, 0.1) is 0 Å². The molecule has 0 radical (unpaired) electrons. The molecule has 0 aromatic rings. The molecule has 0 spiro atoms. The largest absolute Gasteiger partial charge is 0.314 e. The zero-order valence-corrected chi connectivity index (χ0v) is 15.5. The maximum Gasteiger partial charge on any atom is 0.0126 e. The highest BCUT2D eigenvalue weighted by Crippen LogP contribution is 2.47. The van der Waals surface area contributed by atoms with Gasteiger partial charge in [0.25, 0.3) is 0 Å². The highest BCUT2D eigenvalue weighted by molar-refractivity contribution is 4.96. The van der Waals surface area contributed by atoms with Gasteiger partial charge in [-0.2, -0.15) is 0 Å². The molecule has 0 aliphatic heterocycles. The van der Waals surface area contributed by atoms with Gasteiger partial charge in [0.2, 0.25) is 0 Å². The van der Waals surface area contributed by atoms with E-state index in [1.807, 2.05) is 0 Å². The van der Waals surface area contributed by atoms with Gasteiger partial charge in [-0.05, 0) is 49.5 Å². The molecule has 1 heteroatoms. The molecular weight excluding hydrogens is 254 g/mol. The summed E-state index contributed by atoms with van der Waals surface area (Å²) in [6.45, 7) is 13.0. The molecular formula is C20H41N. The summed E-state index contributed by atoms with van der Waals surface area (Å²) in [5, 5.41) is 3.91. The first-order chi connectivity index (χ1) is 10.1. The molecule has 1 aliphatic rings. The zero-order valence-electron chi connectivity index (χ0n) is 15.5. The van der Waals surface area contributed by atoms with E-state index in [9.17, 15) is 0 Å². The topological polar surface area (TPSA) is 12.0 Å². The molecule has 0 bridgehead atoms. The quantitative estimate of drug-likeness (QED) is 0.480. The van der Waals surface area contributed by atoms with Gasteiger partial charge < -0.3 is 5.32 Å². The third kappa shape index (κ3) is 5.93. The smallest absolute Gasteiger partial charge is 0.0126 e. The summed E-state index contributed by atoms with van der Waals surface area (Å²) in [6, 6.07) is 0.759. The lowest BCUT2D eigenvalue weighted by Crippen LogP contribution is -2.45. The van der Waals surface area contributed by atoms with Crippen molar-refractivity contribution < 1.29 is 0 Å². The maximum absolute atomic E-state index is 3.91. The van der Waals surface area contributed by atoms with Crippen LogP contribution in [0.2, 0.25) is 0 Å². The van der Waals surface area contributed by atoms with Crippen molar-refractivity contribution in [1.29, 1.82) is 0 Å². The minimum Gasteiger partial charge on any atom is -0.314 e. The van der Waals surface area contributed by atoms with E-state index in [0.717, 1.165) is 24.4 Å². The molecule has 0 amide bonds. The van der Waals surface area contributed by atoms with E-state index < -0.39 is 0 Å². The molecule has 1 aliphatic carbocycles. The Morgan fingerprint density at radius 1 is 1.05 bits per heavy atom. The number of hydrogen-bond acceptors (Lipinski definition) is 1. The molecule has 1 fully saturated rings. The minimum absolute atomic E-state index is 0.601. The first-order valence-electron chi connectivity index (χ1n) is 9.81. The molecule has 0 heterocycles. The molecule has 0 aromatic carbocycles. The van der Waals surface area contributed by atoms with Crippen molar-refractivity contribution in [1.82, 2.24) is 5.32 Å². The molecule has 2 atom stereocenters. The predicted molar refractivity (Wildman–Crippen MR) is 95.7 cm³/mol. The normalized spacial score (nSPS) is 20.9. The van der Waals surface area contributed by atoms with Crippen molar-refractivity contribution in [2.45, 2.75) is 105 Å². The second kappa shape index (κ2) is 9.87. The Morgan fingerprint density at radius 3 is 2.19 bits per heavy atom. The molecule has 21 heavy (non-hydrogen) atoms. The van der Waals surface area contributed by atoms with Gasteiger partial charge in [-0.25, -0.2) is 0 Å². The molecule has 1 saturated carbocycles. The Hall–Kier alpha value is -0.0400. The summed E-state index contributed by atoms with van der Waals surface area (Å²) in [5.74, 6) is 1.76. The second-order valence-corrected chi connectivity index (χ2v) is 7.93. The molecule has 0 saturated heterocycles. The Bertz CT molecular complexity index is 253. The summed E-state index contributed by atoms with van der Waals surface area (Å²) in [7, 11) is 0. The fraction of sp³-hybridized carbons (Fsp3) is 1.00. The second-order valence-electron chi connectivity index (χ2n) is 7.93. The Kier molecular flexibility index (Phi) is 8.94. The van der Waals surface area contributed by atoms with E-state index in [-0.39, 0.29) is 0 Å². The van der Waals surface area contributed by atoms with Gasteiger partial charge in [0.1, 0.15) is 0 Å². The highest BCUT2D eigenvalue weighted by Gasteiger charge is 2.41. The van der Waals surface area contributed by atoms with Crippen LogP contribution < -0.4 is 5.32 Å². The van der Waals surface area contributed by atoms with Crippen LogP contribution >= 0.6 is 0 Å². The van der Waals surface area contributed by atoms with E-state index >= 15 is 0 Å². The van der Waals surface area contributed by atoms with Crippen LogP contribution in [0.1, 0.15) is 98.8 Å². The Balaban J connectivity index is 2.75. The summed E-state index contributed by atoms with van der Waals surface area (Å²) in [5.41, 5.74) is 0.601. The third-order valence-electron chi connectivity index (χ3n) is 5.72. The van der Waals surface area contributed by atoms with Crippen LogP contribution in [0.5, 0.6) is 0 Å². The van der Waals surface area contributed by atoms with E-state index in [1.54, 1.807) is 0 Å². The van der Waals surface area contributed by atoms with E-state index in [4.69, 9.17) is 0 Å². The van der Waals surface area contributed by atoms with Gasteiger partial charge in [0, 0.05) is 6.04 Å². The van der Waals surface area contributed by atoms with Crippen LogP contribution in [0.25, 0.3) is 0 Å². The monoisotopic (exact) mass is 295 g/mol. The average Bonchev–Trinajstić information content (AvgIpc) is 2.91. The van der Waals surface area contributed by atoms with Crippen LogP contribution in [-0.2, 0) is 0 Å². The van der Waals surface area contributed by atoms with Crippen molar-refractivity contribution in [2.75, 3.05) is 6.54 Å². The number of hydrogen-bond donors (Lipinski definition) is 1. The average molecular weight is 296 g/mol. The van der Waals surface area contributed by atoms with Crippen LogP contribution in [0.3, 0.4) is 0 Å². The van der Waals surface area contributed by atoms with Crippen molar-refractivity contribution in [3.8, 4) is 0 Å². The predicted octanol–water partition coefficient (Wildman–Crippen LogP) is 6.18. The van der Waals surface area contributed by atoms with Crippen molar-refractivity contribution in [3.05, 3.63) is 0 Å². The number of nitrogens with one attached hydrogen (secondary N) is 1. The SMILES string of the molecule is CCCCC(CC)CC(NCC)C1(CC(C)C)CCCC1. The van der Waals surface area contributed by atoms with Crippen LogP contribution in [0, 0.1) is 17.3 Å². The van der Waals surface area contributed by atoms with Crippen LogP contribution in [0.15, 0.2) is 0 Å². The maximum atomic E-state index is 3.91. The molecule has 0 aromatic heterocycles. The third-order valence-corrected chi connectivity index (χ3v) is 5.72. The summed E-state index contributed by atoms with van der Waals surface area (Å²) in [6.07, 6.45) is 14.2. The summed E-state index contributed by atoms with van der Waals surface area (Å²) < 4.78 is 0. The van der Waals surface area contributed by atoms with E-state index in [2.05, 4.69) is 39.9 Å². The van der Waals surface area contributed by atoms with Crippen molar-refractivity contribution in [3.63, 3.8) is 0 Å². The van der Waals surface area contributed by atoms with Crippen molar-refractivity contribution in [2.24, 2.45) is 17.3 Å². The van der Waals surface area contributed by atoms with Crippen LogP contribution in [0.4, 0.5) is 0 Å². The molecule has 126 valence electrons. The lowest BCUT2D eigenvalue weighted by molar-refractivity contribution is 0.131. The first-order valence-corrected chi connectivity index (χ1v) is 9.81. The number of unbranched alkanes of at least 4 members (excludes halogenated alkanes) is 1. The van der Waals surface area contributed by atoms with Gasteiger partial charge in [0.15, 0.2) is 0 Å². The highest BCUT2D eigenvalue weighted by atomic mass is 14.9.